The summed E-state index contributed by atoms with van der Waals surface area (Å²) in [7, 11) is 0. The number of aliphatic carboxylic acids is 1. The smallest absolute Gasteiger partial charge is 0.325 e. The molecule has 70 valence electrons. The third kappa shape index (κ3) is 2.32. The molecule has 0 saturated carbocycles. The van der Waals surface area contributed by atoms with Crippen molar-refractivity contribution in [3.63, 3.8) is 0 Å². The lowest BCUT2D eigenvalue weighted by atomic mass is 10.1. The van der Waals surface area contributed by atoms with Gasteiger partial charge in [-0.15, -0.1) is 0 Å². The second kappa shape index (κ2) is 4.26. The molecule has 0 saturated heterocycles. The first-order valence-corrected chi connectivity index (χ1v) is 4.92. The van der Waals surface area contributed by atoms with Crippen LogP contribution < -0.4 is 5.73 Å². The number of hydrogen-bond donors (Lipinski definition) is 2. The van der Waals surface area contributed by atoms with E-state index < -0.39 is 12.0 Å². The fraction of sp³-hybridized carbons (Fsp3) is 0.125. The minimum atomic E-state index is -1.06. The number of halogens is 2. The third-order valence-corrected chi connectivity index (χ3v) is 3.42. The van der Waals surface area contributed by atoms with Crippen molar-refractivity contribution in [2.45, 2.75) is 6.04 Å². The van der Waals surface area contributed by atoms with Crippen LogP contribution >= 0.6 is 34.2 Å². The van der Waals surface area contributed by atoms with Crippen LogP contribution in [0.5, 0.6) is 0 Å². The maximum Gasteiger partial charge on any atom is 0.325 e. The average Bonchev–Trinajstić information content (AvgIpc) is 2.08. The molecule has 5 heteroatoms. The van der Waals surface area contributed by atoms with Gasteiger partial charge in [-0.1, -0.05) is 23.7 Å². The third-order valence-electron chi connectivity index (χ3n) is 1.58. The highest BCUT2D eigenvalue weighted by atomic mass is 127. The summed E-state index contributed by atoms with van der Waals surface area (Å²) in [4.78, 5) is 10.6. The molecule has 0 spiro atoms. The van der Waals surface area contributed by atoms with Crippen LogP contribution in [-0.2, 0) is 4.79 Å². The summed E-state index contributed by atoms with van der Waals surface area (Å²) in [6.07, 6.45) is 0. The predicted octanol–water partition coefficient (Wildman–Crippen LogP) is 2.03. The van der Waals surface area contributed by atoms with E-state index in [9.17, 15) is 4.79 Å². The van der Waals surface area contributed by atoms with Gasteiger partial charge >= 0.3 is 5.97 Å². The van der Waals surface area contributed by atoms with Gasteiger partial charge in [0.05, 0.1) is 5.02 Å². The number of carboxylic acids is 1. The molecule has 3 N–H and O–H groups in total. The zero-order chi connectivity index (χ0) is 10.0. The average molecular weight is 312 g/mol. The SMILES string of the molecule is N[C@@H](C(=O)O)c1cccc(Cl)c1I. The number of benzene rings is 1. The van der Waals surface area contributed by atoms with Gasteiger partial charge in [-0.3, -0.25) is 4.79 Å². The summed E-state index contributed by atoms with van der Waals surface area (Å²) in [5, 5.41) is 9.20. The topological polar surface area (TPSA) is 63.3 Å². The first kappa shape index (κ1) is 10.7. The van der Waals surface area contributed by atoms with Gasteiger partial charge in [-0.2, -0.15) is 0 Å². The van der Waals surface area contributed by atoms with Crippen LogP contribution in [0.4, 0.5) is 0 Å². The lowest BCUT2D eigenvalue weighted by Crippen LogP contribution is -2.21. The Morgan fingerprint density at radius 3 is 2.77 bits per heavy atom. The molecule has 1 atom stereocenters. The molecular formula is C8H7ClINO2. The number of rotatable bonds is 2. The quantitative estimate of drug-likeness (QED) is 0.822. The van der Waals surface area contributed by atoms with Gasteiger partial charge in [0.15, 0.2) is 0 Å². The highest BCUT2D eigenvalue weighted by molar-refractivity contribution is 14.1. The second-order valence-corrected chi connectivity index (χ2v) is 3.94. The van der Waals surface area contributed by atoms with Crippen molar-refractivity contribution in [1.82, 2.24) is 0 Å². The summed E-state index contributed by atoms with van der Waals surface area (Å²) in [6, 6.07) is 4.03. The normalized spacial score (nSPS) is 12.5. The number of carbonyl (C=O) groups is 1. The summed E-state index contributed by atoms with van der Waals surface area (Å²) in [5.41, 5.74) is 5.99. The second-order valence-electron chi connectivity index (χ2n) is 2.46. The molecule has 0 aliphatic rings. The van der Waals surface area contributed by atoms with Gasteiger partial charge in [0.2, 0.25) is 0 Å². The summed E-state index contributed by atoms with van der Waals surface area (Å²) in [5.74, 6) is -1.06. The van der Waals surface area contributed by atoms with E-state index in [4.69, 9.17) is 22.4 Å². The summed E-state index contributed by atoms with van der Waals surface area (Å²) >= 11 is 7.78. The Morgan fingerprint density at radius 1 is 1.62 bits per heavy atom. The minimum absolute atomic E-state index is 0.523. The number of hydrogen-bond acceptors (Lipinski definition) is 2. The molecule has 0 bridgehead atoms. The van der Waals surface area contributed by atoms with Crippen molar-refractivity contribution in [3.05, 3.63) is 32.4 Å². The minimum Gasteiger partial charge on any atom is -0.480 e. The van der Waals surface area contributed by atoms with Crippen LogP contribution in [0.1, 0.15) is 11.6 Å². The highest BCUT2D eigenvalue weighted by Gasteiger charge is 2.17. The largest absolute Gasteiger partial charge is 0.480 e. The molecule has 1 aromatic carbocycles. The van der Waals surface area contributed by atoms with Gasteiger partial charge in [0.1, 0.15) is 6.04 Å². The molecule has 0 radical (unpaired) electrons. The van der Waals surface area contributed by atoms with E-state index in [1.807, 2.05) is 22.6 Å². The van der Waals surface area contributed by atoms with E-state index in [-0.39, 0.29) is 0 Å². The molecule has 0 unspecified atom stereocenters. The van der Waals surface area contributed by atoms with E-state index in [0.29, 0.717) is 14.2 Å². The van der Waals surface area contributed by atoms with Gasteiger partial charge in [0, 0.05) is 3.57 Å². The van der Waals surface area contributed by atoms with Gasteiger partial charge in [0.25, 0.3) is 0 Å². The zero-order valence-electron chi connectivity index (χ0n) is 6.50. The van der Waals surface area contributed by atoms with Gasteiger partial charge in [-0.05, 0) is 34.2 Å². The van der Waals surface area contributed by atoms with Crippen molar-refractivity contribution >= 4 is 40.2 Å². The molecule has 0 aromatic heterocycles. The van der Waals surface area contributed by atoms with E-state index in [2.05, 4.69) is 0 Å². The molecule has 1 aromatic rings. The monoisotopic (exact) mass is 311 g/mol. The molecule has 0 aliphatic heterocycles. The van der Waals surface area contributed by atoms with E-state index in [0.717, 1.165) is 0 Å². The maximum atomic E-state index is 10.6. The van der Waals surface area contributed by atoms with Crippen LogP contribution in [-0.4, -0.2) is 11.1 Å². The van der Waals surface area contributed by atoms with Crippen LogP contribution in [0.3, 0.4) is 0 Å². The van der Waals surface area contributed by atoms with E-state index >= 15 is 0 Å². The van der Waals surface area contributed by atoms with Crippen molar-refractivity contribution in [1.29, 1.82) is 0 Å². The Bertz CT molecular complexity index is 343. The fourth-order valence-corrected chi connectivity index (χ4v) is 1.77. The molecule has 0 heterocycles. The molecule has 0 aliphatic carbocycles. The lowest BCUT2D eigenvalue weighted by Gasteiger charge is -2.09. The lowest BCUT2D eigenvalue weighted by molar-refractivity contribution is -0.138. The fourth-order valence-electron chi connectivity index (χ4n) is 0.894. The van der Waals surface area contributed by atoms with Crippen molar-refractivity contribution in [2.24, 2.45) is 5.73 Å². The van der Waals surface area contributed by atoms with E-state index in [1.54, 1.807) is 18.2 Å². The standard InChI is InChI=1S/C8H7ClINO2/c9-5-3-1-2-4(6(5)10)7(11)8(12)13/h1-3,7H,11H2,(H,12,13)/t7-/m1/s1. The molecule has 0 fully saturated rings. The van der Waals surface area contributed by atoms with Gasteiger partial charge < -0.3 is 10.8 Å². The summed E-state index contributed by atoms with van der Waals surface area (Å²) in [6.45, 7) is 0. The Labute approximate surface area is 94.0 Å². The Hall–Kier alpha value is -0.330. The Kier molecular flexibility index (Phi) is 3.52. The molecular weight excluding hydrogens is 304 g/mol. The van der Waals surface area contributed by atoms with Gasteiger partial charge in [-0.25, -0.2) is 0 Å². The first-order chi connectivity index (χ1) is 6.04. The molecule has 3 nitrogen and oxygen atoms in total. The van der Waals surface area contributed by atoms with Crippen LogP contribution in [0.25, 0.3) is 0 Å². The first-order valence-electron chi connectivity index (χ1n) is 3.46. The highest BCUT2D eigenvalue weighted by Crippen LogP contribution is 2.25. The number of nitrogens with two attached hydrogens (primary N) is 1. The Balaban J connectivity index is 3.15. The van der Waals surface area contributed by atoms with Crippen molar-refractivity contribution in [3.8, 4) is 0 Å². The summed E-state index contributed by atoms with van der Waals surface area (Å²) < 4.78 is 0.691. The predicted molar refractivity (Wildman–Crippen MR) is 58.7 cm³/mol. The van der Waals surface area contributed by atoms with Crippen LogP contribution in [0, 0.1) is 3.57 Å². The molecule has 0 amide bonds. The molecule has 1 rings (SSSR count). The number of carboxylic acid groups (broad SMARTS) is 1. The van der Waals surface area contributed by atoms with Crippen molar-refractivity contribution < 1.29 is 9.90 Å². The Morgan fingerprint density at radius 2 is 2.23 bits per heavy atom. The maximum absolute atomic E-state index is 10.6. The van der Waals surface area contributed by atoms with Crippen LogP contribution in [0.15, 0.2) is 18.2 Å². The van der Waals surface area contributed by atoms with Crippen molar-refractivity contribution in [2.75, 3.05) is 0 Å². The van der Waals surface area contributed by atoms with E-state index in [1.165, 1.54) is 0 Å². The van der Waals surface area contributed by atoms with Crippen LogP contribution in [0.2, 0.25) is 5.02 Å². The zero-order valence-corrected chi connectivity index (χ0v) is 9.41. The molecule has 13 heavy (non-hydrogen) atoms.